The molecule has 0 aliphatic rings. The van der Waals surface area contributed by atoms with Crippen molar-refractivity contribution in [2.75, 3.05) is 5.73 Å². The zero-order valence-electron chi connectivity index (χ0n) is 9.29. The van der Waals surface area contributed by atoms with E-state index in [0.29, 0.717) is 28.1 Å². The highest BCUT2D eigenvalue weighted by atomic mass is 79.9. The number of benzene rings is 2. The molecule has 5 heteroatoms. The summed E-state index contributed by atoms with van der Waals surface area (Å²) < 4.78 is 6.54. The highest BCUT2D eigenvalue weighted by molar-refractivity contribution is 9.10. The molecule has 2 aromatic rings. The minimum atomic E-state index is 0.392. The number of anilines is 1. The van der Waals surface area contributed by atoms with Gasteiger partial charge in [0, 0.05) is 4.47 Å². The van der Waals surface area contributed by atoms with Crippen molar-refractivity contribution < 1.29 is 4.74 Å². The number of hydrogen-bond acceptors (Lipinski definition) is 2. The van der Waals surface area contributed by atoms with Crippen molar-refractivity contribution in [3.63, 3.8) is 0 Å². The Morgan fingerprint density at radius 3 is 2.50 bits per heavy atom. The molecule has 0 spiro atoms. The fourth-order valence-corrected chi connectivity index (χ4v) is 2.14. The molecule has 0 atom stereocenters. The highest BCUT2D eigenvalue weighted by Crippen LogP contribution is 2.27. The standard InChI is InChI=1S/C13H10BrCl2NO/c14-9-2-4-13(12(17)6-9)18-7-8-1-3-10(15)11(16)5-8/h1-6H,7,17H2. The van der Waals surface area contributed by atoms with Crippen LogP contribution in [0.25, 0.3) is 0 Å². The van der Waals surface area contributed by atoms with Crippen LogP contribution in [0.5, 0.6) is 5.75 Å². The van der Waals surface area contributed by atoms with E-state index in [9.17, 15) is 0 Å². The largest absolute Gasteiger partial charge is 0.487 e. The third-order valence-corrected chi connectivity index (χ3v) is 3.58. The maximum Gasteiger partial charge on any atom is 0.142 e. The number of nitrogens with two attached hydrogens (primary N) is 1. The molecule has 0 unspecified atom stereocenters. The predicted molar refractivity (Wildman–Crippen MR) is 79.3 cm³/mol. The van der Waals surface area contributed by atoms with Gasteiger partial charge in [0.15, 0.2) is 0 Å². The summed E-state index contributed by atoms with van der Waals surface area (Å²) in [7, 11) is 0. The molecule has 0 aliphatic carbocycles. The molecule has 2 N–H and O–H groups in total. The van der Waals surface area contributed by atoms with E-state index in [4.69, 9.17) is 33.7 Å². The van der Waals surface area contributed by atoms with Gasteiger partial charge in [-0.2, -0.15) is 0 Å². The molecule has 0 bridgehead atoms. The molecule has 0 saturated carbocycles. The van der Waals surface area contributed by atoms with Crippen LogP contribution in [0, 0.1) is 0 Å². The predicted octanol–water partition coefficient (Wildman–Crippen LogP) is 4.92. The quantitative estimate of drug-likeness (QED) is 0.801. The van der Waals surface area contributed by atoms with Crippen molar-refractivity contribution in [2.45, 2.75) is 6.61 Å². The van der Waals surface area contributed by atoms with Crippen LogP contribution < -0.4 is 10.5 Å². The molecule has 0 aromatic heterocycles. The molecular weight excluding hydrogens is 337 g/mol. The molecule has 0 amide bonds. The number of hydrogen-bond donors (Lipinski definition) is 1. The highest BCUT2D eigenvalue weighted by Gasteiger charge is 2.03. The van der Waals surface area contributed by atoms with Crippen LogP contribution in [-0.4, -0.2) is 0 Å². The molecule has 0 aliphatic heterocycles. The van der Waals surface area contributed by atoms with Crippen molar-refractivity contribution in [1.82, 2.24) is 0 Å². The second-order valence-corrected chi connectivity index (χ2v) is 5.45. The van der Waals surface area contributed by atoms with E-state index in [1.54, 1.807) is 18.2 Å². The Bertz CT molecular complexity index is 575. The topological polar surface area (TPSA) is 35.2 Å². The number of rotatable bonds is 3. The van der Waals surface area contributed by atoms with E-state index >= 15 is 0 Å². The smallest absolute Gasteiger partial charge is 0.142 e. The van der Waals surface area contributed by atoms with Gasteiger partial charge in [-0.3, -0.25) is 0 Å². The van der Waals surface area contributed by atoms with E-state index in [-0.39, 0.29) is 0 Å². The Kier molecular flexibility index (Phi) is 4.38. The third kappa shape index (κ3) is 3.31. The number of halogens is 3. The molecule has 0 fully saturated rings. The summed E-state index contributed by atoms with van der Waals surface area (Å²) in [6.45, 7) is 0.392. The van der Waals surface area contributed by atoms with Gasteiger partial charge in [-0.1, -0.05) is 45.2 Å². The van der Waals surface area contributed by atoms with Gasteiger partial charge in [0.05, 0.1) is 15.7 Å². The number of nitrogen functional groups attached to an aromatic ring is 1. The molecular formula is C13H10BrCl2NO. The van der Waals surface area contributed by atoms with Gasteiger partial charge >= 0.3 is 0 Å². The van der Waals surface area contributed by atoms with Gasteiger partial charge in [-0.05, 0) is 35.9 Å². The van der Waals surface area contributed by atoms with E-state index in [1.165, 1.54) is 0 Å². The summed E-state index contributed by atoms with van der Waals surface area (Å²) in [4.78, 5) is 0. The number of ether oxygens (including phenoxy) is 1. The monoisotopic (exact) mass is 345 g/mol. The molecule has 0 heterocycles. The lowest BCUT2D eigenvalue weighted by atomic mass is 10.2. The average Bonchev–Trinajstić information content (AvgIpc) is 2.32. The summed E-state index contributed by atoms with van der Waals surface area (Å²) in [5.74, 6) is 0.643. The summed E-state index contributed by atoms with van der Waals surface area (Å²) in [5, 5.41) is 1.05. The first-order valence-corrected chi connectivity index (χ1v) is 6.73. The summed E-state index contributed by atoms with van der Waals surface area (Å²) in [6.07, 6.45) is 0. The van der Waals surface area contributed by atoms with Crippen molar-refractivity contribution >= 4 is 44.8 Å². The lowest BCUT2D eigenvalue weighted by Crippen LogP contribution is -1.98. The minimum absolute atomic E-state index is 0.392. The second kappa shape index (κ2) is 5.83. The summed E-state index contributed by atoms with van der Waals surface area (Å²) in [5.41, 5.74) is 7.36. The average molecular weight is 347 g/mol. The first-order valence-electron chi connectivity index (χ1n) is 5.18. The van der Waals surface area contributed by atoms with Gasteiger partial charge in [0.2, 0.25) is 0 Å². The van der Waals surface area contributed by atoms with Gasteiger partial charge in [-0.15, -0.1) is 0 Å². The van der Waals surface area contributed by atoms with Crippen LogP contribution in [0.15, 0.2) is 40.9 Å². The van der Waals surface area contributed by atoms with E-state index < -0.39 is 0 Å². The van der Waals surface area contributed by atoms with Crippen LogP contribution in [0.4, 0.5) is 5.69 Å². The lowest BCUT2D eigenvalue weighted by Gasteiger charge is -2.09. The fraction of sp³-hybridized carbons (Fsp3) is 0.0769. The molecule has 2 aromatic carbocycles. The first kappa shape index (κ1) is 13.5. The van der Waals surface area contributed by atoms with Crippen molar-refractivity contribution in [3.8, 4) is 5.75 Å². The van der Waals surface area contributed by atoms with Crippen LogP contribution in [0.1, 0.15) is 5.56 Å². The molecule has 0 radical (unpaired) electrons. The summed E-state index contributed by atoms with van der Waals surface area (Å²) in [6, 6.07) is 10.9. The maximum atomic E-state index is 5.93. The zero-order chi connectivity index (χ0) is 13.1. The van der Waals surface area contributed by atoms with Gasteiger partial charge in [0.25, 0.3) is 0 Å². The van der Waals surface area contributed by atoms with Gasteiger partial charge < -0.3 is 10.5 Å². The Labute approximate surface area is 124 Å². The lowest BCUT2D eigenvalue weighted by molar-refractivity contribution is 0.308. The minimum Gasteiger partial charge on any atom is -0.487 e. The van der Waals surface area contributed by atoms with Crippen LogP contribution in [0.3, 0.4) is 0 Å². The van der Waals surface area contributed by atoms with Crippen LogP contribution in [0.2, 0.25) is 10.0 Å². The Balaban J connectivity index is 2.09. The normalized spacial score (nSPS) is 10.4. The molecule has 18 heavy (non-hydrogen) atoms. The Hall–Kier alpha value is -0.900. The Morgan fingerprint density at radius 1 is 1.06 bits per heavy atom. The Morgan fingerprint density at radius 2 is 1.83 bits per heavy atom. The van der Waals surface area contributed by atoms with Crippen LogP contribution in [-0.2, 0) is 6.61 Å². The van der Waals surface area contributed by atoms with Gasteiger partial charge in [-0.25, -0.2) is 0 Å². The van der Waals surface area contributed by atoms with Crippen molar-refractivity contribution in [3.05, 3.63) is 56.5 Å². The third-order valence-electron chi connectivity index (χ3n) is 2.35. The SMILES string of the molecule is Nc1cc(Br)ccc1OCc1ccc(Cl)c(Cl)c1. The van der Waals surface area contributed by atoms with Crippen LogP contribution >= 0.6 is 39.1 Å². The molecule has 0 saturated heterocycles. The van der Waals surface area contributed by atoms with E-state index in [0.717, 1.165) is 10.0 Å². The van der Waals surface area contributed by atoms with Crippen molar-refractivity contribution in [2.24, 2.45) is 0 Å². The van der Waals surface area contributed by atoms with E-state index in [2.05, 4.69) is 15.9 Å². The molecule has 94 valence electrons. The van der Waals surface area contributed by atoms with E-state index in [1.807, 2.05) is 18.2 Å². The molecule has 2 rings (SSSR count). The fourth-order valence-electron chi connectivity index (χ4n) is 1.44. The van der Waals surface area contributed by atoms with Crippen molar-refractivity contribution in [1.29, 1.82) is 0 Å². The molecule has 2 nitrogen and oxygen atoms in total. The zero-order valence-corrected chi connectivity index (χ0v) is 12.4. The second-order valence-electron chi connectivity index (χ2n) is 3.72. The maximum absolute atomic E-state index is 5.93. The van der Waals surface area contributed by atoms with Gasteiger partial charge in [0.1, 0.15) is 12.4 Å². The summed E-state index contributed by atoms with van der Waals surface area (Å²) >= 11 is 15.1. The first-order chi connectivity index (χ1) is 8.56.